The second-order valence-corrected chi connectivity index (χ2v) is 5.50. The van der Waals surface area contributed by atoms with Crippen LogP contribution < -0.4 is 21.7 Å². The fraction of sp³-hybridized carbons (Fsp3) is 0.333. The van der Waals surface area contributed by atoms with Crippen LogP contribution in [0.2, 0.25) is 0 Å². The largest absolute Gasteiger partial charge is 0.494 e. The lowest BCUT2D eigenvalue weighted by Crippen LogP contribution is -2.44. The Bertz CT molecular complexity index is 551. The second kappa shape index (κ2) is 9.02. The highest BCUT2D eigenvalue weighted by Gasteiger charge is 2.11. The molecule has 0 saturated carbocycles. The van der Waals surface area contributed by atoms with E-state index in [4.69, 9.17) is 10.5 Å². The Kier molecular flexibility index (Phi) is 7.38. The first kappa shape index (κ1) is 18.8. The van der Waals surface area contributed by atoms with Crippen molar-refractivity contribution < 1.29 is 4.74 Å². The summed E-state index contributed by atoms with van der Waals surface area (Å²) in [6.07, 6.45) is -0.426. The molecule has 0 aliphatic carbocycles. The number of rotatable bonds is 10. The molecule has 0 bridgehead atoms. The van der Waals surface area contributed by atoms with Crippen LogP contribution in [0, 0.1) is 0 Å². The van der Waals surface area contributed by atoms with Gasteiger partial charge in [0.2, 0.25) is 0 Å². The van der Waals surface area contributed by atoms with Gasteiger partial charge in [-0.15, -0.1) is 0 Å². The van der Waals surface area contributed by atoms with E-state index in [2.05, 4.69) is 35.7 Å². The lowest BCUT2D eigenvalue weighted by atomic mass is 10.2. The summed E-state index contributed by atoms with van der Waals surface area (Å²) in [6.45, 7) is 16.0. The minimum atomic E-state index is -0.426. The number of likely N-dealkylation sites (N-methyl/N-ethyl adjacent to an activating group) is 1. The van der Waals surface area contributed by atoms with Crippen molar-refractivity contribution in [1.29, 1.82) is 0 Å². The molecule has 0 radical (unpaired) electrons. The minimum Gasteiger partial charge on any atom is -0.494 e. The van der Waals surface area contributed by atoms with Crippen LogP contribution in [0.1, 0.15) is 19.4 Å². The summed E-state index contributed by atoms with van der Waals surface area (Å²) in [7, 11) is 1.87. The monoisotopic (exact) mass is 316 g/mol. The van der Waals surface area contributed by atoms with E-state index in [1.54, 1.807) is 0 Å². The molecule has 0 aliphatic heterocycles. The van der Waals surface area contributed by atoms with Crippen LogP contribution in [0.4, 0.5) is 5.69 Å². The fourth-order valence-electron chi connectivity index (χ4n) is 1.74. The van der Waals surface area contributed by atoms with E-state index in [0.717, 1.165) is 16.9 Å². The molecule has 0 aliphatic rings. The van der Waals surface area contributed by atoms with Gasteiger partial charge in [0.15, 0.2) is 0 Å². The first-order chi connectivity index (χ1) is 10.8. The summed E-state index contributed by atoms with van der Waals surface area (Å²) < 4.78 is 5.39. The standard InChI is InChI=1S/C18H28N4O/c1-12(2)23-11-16-7-9-17(10-8-16)21-15(5)18(19)22-14(4)13(3)20-6/h7-10,13,18,20-22H,1,4-5,11,19H2,2-3,6H3. The molecule has 5 heteroatoms. The molecule has 0 spiro atoms. The lowest BCUT2D eigenvalue weighted by molar-refractivity contribution is 0.202. The Balaban J connectivity index is 2.53. The van der Waals surface area contributed by atoms with E-state index < -0.39 is 6.17 Å². The number of anilines is 1. The minimum absolute atomic E-state index is 0.126. The number of nitrogens with one attached hydrogen (secondary N) is 3. The SMILES string of the molecule is C=C(C)OCc1ccc(NC(=C)C(N)NC(=C)C(C)NC)cc1. The normalized spacial score (nSPS) is 12.9. The zero-order valence-corrected chi connectivity index (χ0v) is 14.3. The summed E-state index contributed by atoms with van der Waals surface area (Å²) in [5.41, 5.74) is 9.55. The Morgan fingerprint density at radius 1 is 1.17 bits per heavy atom. The molecule has 0 fully saturated rings. The van der Waals surface area contributed by atoms with Crippen LogP contribution in [0.5, 0.6) is 0 Å². The van der Waals surface area contributed by atoms with Gasteiger partial charge >= 0.3 is 0 Å². The third-order valence-electron chi connectivity index (χ3n) is 3.42. The lowest BCUT2D eigenvalue weighted by Gasteiger charge is -2.23. The van der Waals surface area contributed by atoms with Gasteiger partial charge in [-0.2, -0.15) is 0 Å². The van der Waals surface area contributed by atoms with Crippen LogP contribution in [-0.2, 0) is 11.3 Å². The average molecular weight is 316 g/mol. The smallest absolute Gasteiger partial charge is 0.115 e. The predicted molar refractivity (Wildman–Crippen MR) is 97.6 cm³/mol. The van der Waals surface area contributed by atoms with Crippen LogP contribution in [0.15, 0.2) is 61.2 Å². The second-order valence-electron chi connectivity index (χ2n) is 5.50. The topological polar surface area (TPSA) is 71.3 Å². The van der Waals surface area contributed by atoms with E-state index in [0.29, 0.717) is 18.1 Å². The number of hydrogen-bond acceptors (Lipinski definition) is 5. The Labute approximate surface area is 139 Å². The molecule has 126 valence electrons. The van der Waals surface area contributed by atoms with Gasteiger partial charge in [-0.25, -0.2) is 0 Å². The summed E-state index contributed by atoms with van der Waals surface area (Å²) in [5.74, 6) is 0.702. The van der Waals surface area contributed by atoms with Gasteiger partial charge in [-0.05, 0) is 38.6 Å². The maximum Gasteiger partial charge on any atom is 0.115 e. The fourth-order valence-corrected chi connectivity index (χ4v) is 1.74. The van der Waals surface area contributed by atoms with Crippen LogP contribution >= 0.6 is 0 Å². The highest BCUT2D eigenvalue weighted by atomic mass is 16.5. The molecule has 0 aromatic heterocycles. The van der Waals surface area contributed by atoms with E-state index in [1.807, 2.05) is 45.2 Å². The van der Waals surface area contributed by atoms with Crippen LogP contribution in [-0.4, -0.2) is 19.3 Å². The van der Waals surface area contributed by atoms with Crippen molar-refractivity contribution in [3.05, 3.63) is 66.7 Å². The molecule has 1 aromatic carbocycles. The van der Waals surface area contributed by atoms with Gasteiger partial charge < -0.3 is 26.4 Å². The molecule has 2 atom stereocenters. The third kappa shape index (κ3) is 6.59. The van der Waals surface area contributed by atoms with E-state index >= 15 is 0 Å². The molecule has 1 rings (SSSR count). The van der Waals surface area contributed by atoms with Gasteiger partial charge in [0.25, 0.3) is 0 Å². The molecule has 5 N–H and O–H groups in total. The van der Waals surface area contributed by atoms with Gasteiger partial charge in [0, 0.05) is 23.1 Å². The Morgan fingerprint density at radius 2 is 1.78 bits per heavy atom. The molecular formula is C18H28N4O. The van der Waals surface area contributed by atoms with Crippen molar-refractivity contribution in [3.8, 4) is 0 Å². The number of benzene rings is 1. The van der Waals surface area contributed by atoms with Crippen molar-refractivity contribution in [2.45, 2.75) is 32.7 Å². The van der Waals surface area contributed by atoms with E-state index in [9.17, 15) is 0 Å². The maximum atomic E-state index is 6.08. The molecule has 1 aromatic rings. The average Bonchev–Trinajstić information content (AvgIpc) is 2.53. The third-order valence-corrected chi connectivity index (χ3v) is 3.42. The van der Waals surface area contributed by atoms with Gasteiger partial charge in [0.05, 0.1) is 5.76 Å². The molecule has 0 saturated heterocycles. The summed E-state index contributed by atoms with van der Waals surface area (Å²) >= 11 is 0. The van der Waals surface area contributed by atoms with Crippen molar-refractivity contribution in [2.75, 3.05) is 12.4 Å². The van der Waals surface area contributed by atoms with E-state index in [1.165, 1.54) is 0 Å². The van der Waals surface area contributed by atoms with Crippen LogP contribution in [0.25, 0.3) is 0 Å². The van der Waals surface area contributed by atoms with Crippen molar-refractivity contribution >= 4 is 5.69 Å². The van der Waals surface area contributed by atoms with Crippen molar-refractivity contribution in [3.63, 3.8) is 0 Å². The maximum absolute atomic E-state index is 6.08. The number of ether oxygens (including phenoxy) is 1. The van der Waals surface area contributed by atoms with Crippen molar-refractivity contribution in [2.24, 2.45) is 5.73 Å². The first-order valence-electron chi connectivity index (χ1n) is 7.54. The predicted octanol–water partition coefficient (Wildman–Crippen LogP) is 2.66. The highest BCUT2D eigenvalue weighted by Crippen LogP contribution is 2.14. The Morgan fingerprint density at radius 3 is 2.30 bits per heavy atom. The number of allylic oxidation sites excluding steroid dienone is 1. The molecule has 0 heterocycles. The van der Waals surface area contributed by atoms with Crippen molar-refractivity contribution in [1.82, 2.24) is 10.6 Å². The van der Waals surface area contributed by atoms with Gasteiger partial charge in [0.1, 0.15) is 12.8 Å². The first-order valence-corrected chi connectivity index (χ1v) is 7.54. The zero-order chi connectivity index (χ0) is 17.4. The van der Waals surface area contributed by atoms with Gasteiger partial charge in [-0.3, -0.25) is 0 Å². The number of hydrogen-bond donors (Lipinski definition) is 4. The van der Waals surface area contributed by atoms with Crippen LogP contribution in [0.3, 0.4) is 0 Å². The molecular weight excluding hydrogens is 288 g/mol. The summed E-state index contributed by atoms with van der Waals surface area (Å²) in [6, 6.07) is 8.01. The quantitative estimate of drug-likeness (QED) is 0.395. The molecule has 2 unspecified atom stereocenters. The Hall–Kier alpha value is -2.24. The highest BCUT2D eigenvalue weighted by molar-refractivity contribution is 5.49. The summed E-state index contributed by atoms with van der Waals surface area (Å²) in [5, 5.41) is 9.42. The molecule has 0 amide bonds. The van der Waals surface area contributed by atoms with Gasteiger partial charge in [-0.1, -0.05) is 31.9 Å². The number of nitrogens with two attached hydrogens (primary N) is 1. The molecule has 5 nitrogen and oxygen atoms in total. The summed E-state index contributed by atoms with van der Waals surface area (Å²) in [4.78, 5) is 0. The molecule has 23 heavy (non-hydrogen) atoms. The van der Waals surface area contributed by atoms with E-state index in [-0.39, 0.29) is 6.04 Å². The zero-order valence-electron chi connectivity index (χ0n) is 14.3.